The van der Waals surface area contributed by atoms with Gasteiger partial charge in [0.05, 0.1) is 17.7 Å². The predicted octanol–water partition coefficient (Wildman–Crippen LogP) is 2.21. The molecule has 3 aromatic rings. The third-order valence-corrected chi connectivity index (χ3v) is 4.98. The van der Waals surface area contributed by atoms with Crippen LogP contribution >= 0.6 is 0 Å². The highest BCUT2D eigenvalue weighted by atomic mass is 16.3. The molecule has 7 heteroatoms. The van der Waals surface area contributed by atoms with Crippen LogP contribution in [0.4, 0.5) is 5.69 Å². The van der Waals surface area contributed by atoms with Crippen LogP contribution in [0.2, 0.25) is 0 Å². The van der Waals surface area contributed by atoms with Crippen LogP contribution in [0.5, 0.6) is 0 Å². The molecule has 146 valence electrons. The molecule has 7 nitrogen and oxygen atoms in total. The fourth-order valence-corrected chi connectivity index (χ4v) is 3.54. The molecule has 1 aliphatic rings. The Labute approximate surface area is 167 Å². The Balaban J connectivity index is 1.76. The normalized spacial score (nSPS) is 13.0. The molecule has 0 unspecified atom stereocenters. The first-order chi connectivity index (χ1) is 14.0. The second-order valence-corrected chi connectivity index (χ2v) is 6.76. The molecule has 0 atom stereocenters. The van der Waals surface area contributed by atoms with E-state index < -0.39 is 17.7 Å². The summed E-state index contributed by atoms with van der Waals surface area (Å²) < 4.78 is 0. The Hall–Kier alpha value is -3.71. The molecular formula is C22H19N3O4. The van der Waals surface area contributed by atoms with Gasteiger partial charge in [0, 0.05) is 35.6 Å². The van der Waals surface area contributed by atoms with E-state index in [1.54, 1.807) is 54.6 Å². The number of nitrogens with one attached hydrogen (secondary N) is 1. The molecule has 1 heterocycles. The van der Waals surface area contributed by atoms with Crippen molar-refractivity contribution in [1.82, 2.24) is 10.4 Å². The van der Waals surface area contributed by atoms with Crippen molar-refractivity contribution >= 4 is 34.2 Å². The van der Waals surface area contributed by atoms with Crippen molar-refractivity contribution in [3.8, 4) is 0 Å². The van der Waals surface area contributed by atoms with Gasteiger partial charge in [-0.15, -0.1) is 0 Å². The van der Waals surface area contributed by atoms with E-state index in [-0.39, 0.29) is 6.61 Å². The zero-order chi connectivity index (χ0) is 20.5. The van der Waals surface area contributed by atoms with Gasteiger partial charge in [-0.3, -0.25) is 19.8 Å². The number of hydrazine groups is 1. The number of anilines is 1. The van der Waals surface area contributed by atoms with Gasteiger partial charge in [0.25, 0.3) is 17.7 Å². The average molecular weight is 389 g/mol. The van der Waals surface area contributed by atoms with Crippen LogP contribution in [-0.4, -0.2) is 48.0 Å². The summed E-state index contributed by atoms with van der Waals surface area (Å²) in [5, 5.41) is 11.3. The van der Waals surface area contributed by atoms with Crippen LogP contribution in [-0.2, 0) is 0 Å². The number of benzene rings is 3. The van der Waals surface area contributed by atoms with E-state index in [4.69, 9.17) is 0 Å². The van der Waals surface area contributed by atoms with Crippen LogP contribution in [0.1, 0.15) is 31.1 Å². The number of nitrogens with zero attached hydrogens (tertiary/aromatic N) is 2. The highest BCUT2D eigenvalue weighted by Gasteiger charge is 2.35. The molecule has 0 aliphatic carbocycles. The van der Waals surface area contributed by atoms with E-state index in [0.29, 0.717) is 28.6 Å². The maximum absolute atomic E-state index is 13.0. The number of aliphatic hydroxyl groups excluding tert-OH is 1. The fraction of sp³-hybridized carbons (Fsp3) is 0.136. The van der Waals surface area contributed by atoms with Gasteiger partial charge < -0.3 is 10.0 Å². The lowest BCUT2D eigenvalue weighted by Crippen LogP contribution is -2.51. The number of rotatable bonds is 5. The second kappa shape index (κ2) is 7.37. The Morgan fingerprint density at radius 3 is 2.34 bits per heavy atom. The molecule has 0 radical (unpaired) electrons. The summed E-state index contributed by atoms with van der Waals surface area (Å²) in [6, 6.07) is 17.0. The number of amides is 3. The summed E-state index contributed by atoms with van der Waals surface area (Å²) in [7, 11) is 1.83. The monoisotopic (exact) mass is 389 g/mol. The number of imide groups is 1. The highest BCUT2D eigenvalue weighted by Crippen LogP contribution is 2.35. The largest absolute Gasteiger partial charge is 0.395 e. The molecule has 0 fully saturated rings. The molecule has 1 aliphatic heterocycles. The Bertz CT molecular complexity index is 1110. The van der Waals surface area contributed by atoms with Gasteiger partial charge >= 0.3 is 0 Å². The summed E-state index contributed by atoms with van der Waals surface area (Å²) >= 11 is 0. The quantitative estimate of drug-likeness (QED) is 0.653. The van der Waals surface area contributed by atoms with Crippen molar-refractivity contribution < 1.29 is 19.5 Å². The minimum atomic E-state index is -0.584. The van der Waals surface area contributed by atoms with Crippen LogP contribution in [0.25, 0.3) is 10.8 Å². The fourth-order valence-electron chi connectivity index (χ4n) is 3.54. The molecule has 29 heavy (non-hydrogen) atoms. The van der Waals surface area contributed by atoms with Crippen LogP contribution < -0.4 is 10.3 Å². The summed E-state index contributed by atoms with van der Waals surface area (Å²) in [6.07, 6.45) is 0. The topological polar surface area (TPSA) is 89.9 Å². The second-order valence-electron chi connectivity index (χ2n) is 6.76. The minimum Gasteiger partial charge on any atom is -0.395 e. The van der Waals surface area contributed by atoms with Crippen LogP contribution in [0.15, 0.2) is 60.7 Å². The zero-order valence-corrected chi connectivity index (χ0v) is 15.8. The predicted molar refractivity (Wildman–Crippen MR) is 109 cm³/mol. The Morgan fingerprint density at radius 1 is 0.966 bits per heavy atom. The van der Waals surface area contributed by atoms with E-state index in [0.717, 1.165) is 16.1 Å². The summed E-state index contributed by atoms with van der Waals surface area (Å²) in [5.41, 5.74) is 4.26. The van der Waals surface area contributed by atoms with Gasteiger partial charge in [0.2, 0.25) is 0 Å². The van der Waals surface area contributed by atoms with Crippen molar-refractivity contribution in [2.24, 2.45) is 0 Å². The van der Waals surface area contributed by atoms with Gasteiger partial charge in [-0.25, -0.2) is 0 Å². The summed E-state index contributed by atoms with van der Waals surface area (Å²) in [4.78, 5) is 40.4. The number of aliphatic hydroxyl groups is 1. The first-order valence-corrected chi connectivity index (χ1v) is 9.15. The molecule has 4 rings (SSSR count). The van der Waals surface area contributed by atoms with E-state index >= 15 is 0 Å². The van der Waals surface area contributed by atoms with Crippen molar-refractivity contribution in [3.63, 3.8) is 0 Å². The standard InChI is InChI=1S/C22H19N3O4/c1-24(12-13-26)18-11-10-17-19-15(18)8-5-9-16(19)21(28)25(22(17)29)23-20(27)14-6-3-2-4-7-14/h2-11,26H,12-13H2,1H3,(H,23,27). The molecule has 0 saturated carbocycles. The number of likely N-dealkylation sites (N-methyl/N-ethyl adjacent to an activating group) is 1. The lowest BCUT2D eigenvalue weighted by molar-refractivity contribution is 0.0479. The molecule has 3 aromatic carbocycles. The summed E-state index contributed by atoms with van der Waals surface area (Å²) in [5.74, 6) is -1.71. The molecule has 3 amide bonds. The van der Waals surface area contributed by atoms with Crippen molar-refractivity contribution in [2.75, 3.05) is 25.1 Å². The van der Waals surface area contributed by atoms with E-state index in [1.807, 2.05) is 18.0 Å². The highest BCUT2D eigenvalue weighted by molar-refractivity contribution is 6.27. The number of hydrogen-bond donors (Lipinski definition) is 2. The zero-order valence-electron chi connectivity index (χ0n) is 15.8. The Kier molecular flexibility index (Phi) is 4.74. The van der Waals surface area contributed by atoms with Gasteiger partial charge in [-0.1, -0.05) is 30.3 Å². The molecular weight excluding hydrogens is 370 g/mol. The van der Waals surface area contributed by atoms with Crippen LogP contribution in [0.3, 0.4) is 0 Å². The Morgan fingerprint density at radius 2 is 1.66 bits per heavy atom. The molecule has 0 aromatic heterocycles. The molecule has 0 saturated heterocycles. The number of carbonyl (C=O) groups is 3. The number of hydrogen-bond acceptors (Lipinski definition) is 5. The molecule has 2 N–H and O–H groups in total. The lowest BCUT2D eigenvalue weighted by atomic mass is 9.93. The van der Waals surface area contributed by atoms with E-state index in [9.17, 15) is 19.5 Å². The van der Waals surface area contributed by atoms with E-state index in [1.165, 1.54) is 0 Å². The molecule has 0 spiro atoms. The van der Waals surface area contributed by atoms with Gasteiger partial charge in [-0.05, 0) is 30.3 Å². The maximum Gasteiger partial charge on any atom is 0.280 e. The summed E-state index contributed by atoms with van der Waals surface area (Å²) in [6.45, 7) is 0.399. The van der Waals surface area contributed by atoms with Crippen molar-refractivity contribution in [2.45, 2.75) is 0 Å². The lowest BCUT2D eigenvalue weighted by Gasteiger charge is -2.29. The third-order valence-electron chi connectivity index (χ3n) is 4.98. The van der Waals surface area contributed by atoms with Gasteiger partial charge in [0.15, 0.2) is 0 Å². The van der Waals surface area contributed by atoms with Gasteiger partial charge in [-0.2, -0.15) is 5.01 Å². The smallest absolute Gasteiger partial charge is 0.280 e. The number of carbonyl (C=O) groups excluding carboxylic acids is 3. The average Bonchev–Trinajstić information content (AvgIpc) is 2.75. The molecule has 0 bridgehead atoms. The van der Waals surface area contributed by atoms with Gasteiger partial charge in [0.1, 0.15) is 0 Å². The van der Waals surface area contributed by atoms with Crippen LogP contribution in [0, 0.1) is 0 Å². The third kappa shape index (κ3) is 3.11. The maximum atomic E-state index is 13.0. The SMILES string of the molecule is CN(CCO)c1ccc2c3c(cccc13)C(=O)N(NC(=O)c1ccccc1)C2=O. The first kappa shape index (κ1) is 18.6. The van der Waals surface area contributed by atoms with Crippen molar-refractivity contribution in [1.29, 1.82) is 0 Å². The van der Waals surface area contributed by atoms with Crippen molar-refractivity contribution in [3.05, 3.63) is 77.4 Å². The first-order valence-electron chi connectivity index (χ1n) is 9.15. The minimum absolute atomic E-state index is 0.0173. The van der Waals surface area contributed by atoms with E-state index in [2.05, 4.69) is 5.43 Å².